The topological polar surface area (TPSA) is 54.0 Å². The summed E-state index contributed by atoms with van der Waals surface area (Å²) in [6, 6.07) is 0. The van der Waals surface area contributed by atoms with Crippen LogP contribution < -0.4 is 0 Å². The fraction of sp³-hybridized carbons (Fsp3) is 0.933. The van der Waals surface area contributed by atoms with Crippen LogP contribution in [0.15, 0.2) is 0 Å². The molecule has 1 saturated heterocycles. The van der Waals surface area contributed by atoms with Crippen molar-refractivity contribution < 1.29 is 23.4 Å². The lowest BCUT2D eigenvalue weighted by Gasteiger charge is -2.37. The third-order valence-corrected chi connectivity index (χ3v) is 8.82. The van der Waals surface area contributed by atoms with E-state index in [4.69, 9.17) is 18.6 Å². The third kappa shape index (κ3) is 5.69. The summed E-state index contributed by atoms with van der Waals surface area (Å²) < 4.78 is 22.2. The van der Waals surface area contributed by atoms with Crippen molar-refractivity contribution >= 4 is 14.3 Å². The summed E-state index contributed by atoms with van der Waals surface area (Å²) >= 11 is 0. The molecule has 6 heteroatoms. The van der Waals surface area contributed by atoms with E-state index in [9.17, 15) is 4.79 Å². The van der Waals surface area contributed by atoms with Crippen LogP contribution in [-0.4, -0.2) is 47.0 Å². The molecular formula is C15H30O5Si. The van der Waals surface area contributed by atoms with E-state index in [1.54, 1.807) is 0 Å². The Balaban J connectivity index is 2.59. The van der Waals surface area contributed by atoms with Gasteiger partial charge in [0.1, 0.15) is 0 Å². The Morgan fingerprint density at radius 1 is 1.33 bits per heavy atom. The largest absolute Gasteiger partial charge is 0.467 e. The fourth-order valence-electron chi connectivity index (χ4n) is 1.80. The van der Waals surface area contributed by atoms with E-state index in [0.717, 1.165) is 19.3 Å². The van der Waals surface area contributed by atoms with Crippen LogP contribution in [0.1, 0.15) is 40.0 Å². The van der Waals surface area contributed by atoms with E-state index in [1.807, 2.05) is 0 Å². The van der Waals surface area contributed by atoms with Crippen molar-refractivity contribution in [3.8, 4) is 0 Å². The van der Waals surface area contributed by atoms with E-state index >= 15 is 0 Å². The Kier molecular flexibility index (Phi) is 6.84. The van der Waals surface area contributed by atoms with Gasteiger partial charge in [-0.05, 0) is 37.4 Å². The zero-order valence-electron chi connectivity index (χ0n) is 14.2. The summed E-state index contributed by atoms with van der Waals surface area (Å²) in [5.74, 6) is -0.400. The van der Waals surface area contributed by atoms with Gasteiger partial charge in [0.15, 0.2) is 20.7 Å². The van der Waals surface area contributed by atoms with Crippen LogP contribution in [0.3, 0.4) is 0 Å². The van der Waals surface area contributed by atoms with Crippen LogP contribution in [0.2, 0.25) is 18.1 Å². The van der Waals surface area contributed by atoms with Crippen LogP contribution in [0.25, 0.3) is 0 Å². The van der Waals surface area contributed by atoms with Crippen LogP contribution in [0.4, 0.5) is 0 Å². The van der Waals surface area contributed by atoms with E-state index in [0.29, 0.717) is 6.61 Å². The Morgan fingerprint density at radius 2 is 2.00 bits per heavy atom. The van der Waals surface area contributed by atoms with Gasteiger partial charge in [0.25, 0.3) is 0 Å². The number of carbonyl (C=O) groups is 1. The predicted octanol–water partition coefficient (Wildman–Crippen LogP) is 3.09. The fourth-order valence-corrected chi connectivity index (χ4v) is 2.80. The molecular weight excluding hydrogens is 288 g/mol. The monoisotopic (exact) mass is 318 g/mol. The van der Waals surface area contributed by atoms with Crippen LogP contribution in [0.5, 0.6) is 0 Å². The van der Waals surface area contributed by atoms with Gasteiger partial charge in [-0.15, -0.1) is 0 Å². The van der Waals surface area contributed by atoms with Gasteiger partial charge in [-0.25, -0.2) is 4.79 Å². The second-order valence-corrected chi connectivity index (χ2v) is 11.8. The average molecular weight is 318 g/mol. The van der Waals surface area contributed by atoms with E-state index in [-0.39, 0.29) is 17.9 Å². The Labute approximate surface area is 129 Å². The summed E-state index contributed by atoms with van der Waals surface area (Å²) in [5.41, 5.74) is 0. The lowest BCUT2D eigenvalue weighted by atomic mass is 10.2. The van der Waals surface area contributed by atoms with Gasteiger partial charge in [0.05, 0.1) is 13.7 Å². The van der Waals surface area contributed by atoms with Crippen molar-refractivity contribution in [1.29, 1.82) is 0 Å². The van der Waals surface area contributed by atoms with Crippen molar-refractivity contribution in [2.75, 3.05) is 20.3 Å². The SMILES string of the molecule is COC(=O)[C@@H](CO[Si](C)(C)C(C)(C)C)O[C@H]1CCCCO1. The second-order valence-electron chi connectivity index (χ2n) is 7.02. The molecule has 0 aromatic rings. The average Bonchev–Trinajstić information content (AvgIpc) is 2.42. The normalized spacial score (nSPS) is 21.9. The number of hydrogen-bond acceptors (Lipinski definition) is 5. The minimum absolute atomic E-state index is 0.0923. The summed E-state index contributed by atoms with van der Waals surface area (Å²) in [6.07, 6.45) is 1.87. The molecule has 21 heavy (non-hydrogen) atoms. The first-order valence-corrected chi connectivity index (χ1v) is 10.6. The van der Waals surface area contributed by atoms with E-state index in [1.165, 1.54) is 7.11 Å². The minimum atomic E-state index is -1.92. The Hall–Kier alpha value is -0.433. The maximum Gasteiger partial charge on any atom is 0.337 e. The van der Waals surface area contributed by atoms with Crippen LogP contribution in [-0.2, 0) is 23.4 Å². The zero-order chi connectivity index (χ0) is 16.1. The molecule has 0 bridgehead atoms. The molecule has 0 spiro atoms. The molecule has 1 aliphatic rings. The number of rotatable bonds is 6. The molecule has 0 aliphatic carbocycles. The highest BCUT2D eigenvalue weighted by Crippen LogP contribution is 2.36. The molecule has 0 unspecified atom stereocenters. The lowest BCUT2D eigenvalue weighted by Crippen LogP contribution is -2.45. The van der Waals surface area contributed by atoms with Gasteiger partial charge < -0.3 is 18.6 Å². The van der Waals surface area contributed by atoms with Crippen molar-refractivity contribution in [1.82, 2.24) is 0 Å². The molecule has 0 radical (unpaired) electrons. The Bertz CT molecular complexity index is 331. The molecule has 0 saturated carbocycles. The molecule has 1 heterocycles. The summed E-state index contributed by atoms with van der Waals surface area (Å²) in [6.45, 7) is 11.7. The van der Waals surface area contributed by atoms with Crippen LogP contribution >= 0.6 is 0 Å². The maximum absolute atomic E-state index is 11.9. The van der Waals surface area contributed by atoms with E-state index < -0.39 is 20.4 Å². The highest BCUT2D eigenvalue weighted by Gasteiger charge is 2.39. The third-order valence-electron chi connectivity index (χ3n) is 4.32. The molecule has 1 rings (SSSR count). The first-order valence-electron chi connectivity index (χ1n) is 7.66. The van der Waals surface area contributed by atoms with Gasteiger partial charge in [0, 0.05) is 6.61 Å². The molecule has 5 nitrogen and oxygen atoms in total. The molecule has 0 amide bonds. The number of hydrogen-bond donors (Lipinski definition) is 0. The Morgan fingerprint density at radius 3 is 2.48 bits per heavy atom. The number of carbonyl (C=O) groups excluding carboxylic acids is 1. The number of ether oxygens (including phenoxy) is 3. The first-order chi connectivity index (χ1) is 9.67. The van der Waals surface area contributed by atoms with E-state index in [2.05, 4.69) is 33.9 Å². The molecule has 0 aromatic heterocycles. The standard InChI is InChI=1S/C15H30O5Si/c1-15(2,3)21(5,6)19-11-12(14(16)17-4)20-13-9-7-8-10-18-13/h12-13H,7-11H2,1-6H3/t12-,13+/m1/s1. The van der Waals surface area contributed by atoms with Crippen molar-refractivity contribution in [3.05, 3.63) is 0 Å². The molecule has 0 N–H and O–H groups in total. The predicted molar refractivity (Wildman–Crippen MR) is 83.6 cm³/mol. The second kappa shape index (κ2) is 7.72. The van der Waals surface area contributed by atoms with Crippen molar-refractivity contribution in [2.24, 2.45) is 0 Å². The van der Waals surface area contributed by atoms with Gasteiger partial charge in [-0.2, -0.15) is 0 Å². The number of esters is 1. The van der Waals surface area contributed by atoms with Gasteiger partial charge in [-0.3, -0.25) is 0 Å². The highest BCUT2D eigenvalue weighted by molar-refractivity contribution is 6.74. The maximum atomic E-state index is 11.9. The summed E-state index contributed by atoms with van der Waals surface area (Å²) in [5, 5.41) is 0.0923. The summed E-state index contributed by atoms with van der Waals surface area (Å²) in [7, 11) is -0.553. The molecule has 1 fully saturated rings. The number of methoxy groups -OCH3 is 1. The molecule has 0 aromatic carbocycles. The van der Waals surface area contributed by atoms with Gasteiger partial charge in [-0.1, -0.05) is 20.8 Å². The smallest absolute Gasteiger partial charge is 0.337 e. The zero-order valence-corrected chi connectivity index (χ0v) is 15.2. The van der Waals surface area contributed by atoms with Gasteiger partial charge in [0.2, 0.25) is 0 Å². The molecule has 124 valence electrons. The quantitative estimate of drug-likeness (QED) is 0.556. The molecule has 1 aliphatic heterocycles. The van der Waals surface area contributed by atoms with Crippen molar-refractivity contribution in [3.63, 3.8) is 0 Å². The highest BCUT2D eigenvalue weighted by atomic mass is 28.4. The molecule has 2 atom stereocenters. The first kappa shape index (κ1) is 18.6. The minimum Gasteiger partial charge on any atom is -0.467 e. The summed E-state index contributed by atoms with van der Waals surface area (Å²) in [4.78, 5) is 11.9. The van der Waals surface area contributed by atoms with Crippen molar-refractivity contribution in [2.45, 2.75) is 70.6 Å². The van der Waals surface area contributed by atoms with Gasteiger partial charge >= 0.3 is 5.97 Å². The lowest BCUT2D eigenvalue weighted by molar-refractivity contribution is -0.206. The van der Waals surface area contributed by atoms with Crippen LogP contribution in [0, 0.1) is 0 Å².